The summed E-state index contributed by atoms with van der Waals surface area (Å²) >= 11 is 0. The molecule has 0 spiro atoms. The lowest BCUT2D eigenvalue weighted by atomic mass is 9.89. The summed E-state index contributed by atoms with van der Waals surface area (Å²) in [6.07, 6.45) is 5.44. The minimum absolute atomic E-state index is 0.00674. The van der Waals surface area contributed by atoms with Crippen LogP contribution in [0.25, 0.3) is 5.69 Å². The highest BCUT2D eigenvalue weighted by atomic mass is 16.2. The predicted octanol–water partition coefficient (Wildman–Crippen LogP) is 3.54. The fraction of sp³-hybridized carbons (Fsp3) is 0.261. The van der Waals surface area contributed by atoms with Gasteiger partial charge >= 0.3 is 0 Å². The zero-order valence-electron chi connectivity index (χ0n) is 15.7. The third-order valence-electron chi connectivity index (χ3n) is 5.29. The number of rotatable bonds is 5. The van der Waals surface area contributed by atoms with Crippen LogP contribution in [0.4, 0.5) is 0 Å². The number of hydrogen-bond donors (Lipinski definition) is 0. The number of carbonyl (C=O) groups excluding carboxylic acids is 2. The smallest absolute Gasteiger partial charge is 0.227 e. The van der Waals surface area contributed by atoms with Crippen LogP contribution in [0.15, 0.2) is 73.1 Å². The second kappa shape index (κ2) is 8.21. The quantitative estimate of drug-likeness (QED) is 0.643. The summed E-state index contributed by atoms with van der Waals surface area (Å²) in [4.78, 5) is 27.1. The van der Waals surface area contributed by atoms with Crippen LogP contribution in [0.3, 0.4) is 0 Å². The summed E-state index contributed by atoms with van der Waals surface area (Å²) in [6.45, 7) is 1.27. The van der Waals surface area contributed by atoms with Gasteiger partial charge < -0.3 is 4.90 Å². The molecule has 0 aliphatic carbocycles. The Kier molecular flexibility index (Phi) is 5.33. The van der Waals surface area contributed by atoms with E-state index in [1.54, 1.807) is 10.9 Å². The van der Waals surface area contributed by atoms with Crippen LogP contribution < -0.4 is 0 Å². The van der Waals surface area contributed by atoms with Gasteiger partial charge in [0.25, 0.3) is 0 Å². The van der Waals surface area contributed by atoms with Crippen molar-refractivity contribution in [1.29, 1.82) is 0 Å². The Morgan fingerprint density at radius 3 is 2.25 bits per heavy atom. The monoisotopic (exact) mass is 373 g/mol. The normalized spacial score (nSPS) is 14.8. The molecule has 5 nitrogen and oxygen atoms in total. The number of amides is 1. The molecule has 2 aromatic carbocycles. The van der Waals surface area contributed by atoms with E-state index < -0.39 is 0 Å². The number of ketones is 1. The molecule has 0 radical (unpaired) electrons. The maximum Gasteiger partial charge on any atom is 0.227 e. The molecule has 3 aromatic rings. The van der Waals surface area contributed by atoms with Crippen LogP contribution in [-0.2, 0) is 11.2 Å². The Balaban J connectivity index is 1.32. The molecule has 0 atom stereocenters. The van der Waals surface area contributed by atoms with Gasteiger partial charge in [0.15, 0.2) is 5.78 Å². The number of aromatic nitrogens is 2. The molecule has 5 heteroatoms. The number of para-hydroxylation sites is 1. The van der Waals surface area contributed by atoms with Crippen LogP contribution in [0.1, 0.15) is 28.8 Å². The lowest BCUT2D eigenvalue weighted by Crippen LogP contribution is -2.41. The van der Waals surface area contributed by atoms with E-state index >= 15 is 0 Å². The first kappa shape index (κ1) is 18.2. The molecule has 4 rings (SSSR count). The fourth-order valence-electron chi connectivity index (χ4n) is 3.69. The summed E-state index contributed by atoms with van der Waals surface area (Å²) in [5.74, 6) is 0.294. The molecular formula is C23H23N3O2. The molecule has 0 bridgehead atoms. The summed E-state index contributed by atoms with van der Waals surface area (Å²) < 4.78 is 1.79. The molecule has 28 heavy (non-hydrogen) atoms. The van der Waals surface area contributed by atoms with Crippen molar-refractivity contribution >= 4 is 11.7 Å². The third kappa shape index (κ3) is 4.03. The molecular weight excluding hydrogens is 350 g/mol. The number of Topliss-reactive ketones (excluding diaryl/α,β-unsaturated/α-hetero) is 1. The van der Waals surface area contributed by atoms with E-state index in [1.807, 2.05) is 71.8 Å². The molecule has 0 unspecified atom stereocenters. The third-order valence-corrected chi connectivity index (χ3v) is 5.29. The first-order valence-electron chi connectivity index (χ1n) is 9.67. The standard InChI is InChI=1S/C23H23N3O2/c27-22(15-18-16-24-26(17-18)21-9-5-2-6-10-21)25-13-11-20(12-14-25)23(28)19-7-3-1-4-8-19/h1-10,16-17,20H,11-15H2. The highest BCUT2D eigenvalue weighted by molar-refractivity contribution is 5.98. The molecule has 2 heterocycles. The van der Waals surface area contributed by atoms with E-state index in [0.29, 0.717) is 19.5 Å². The molecule has 1 fully saturated rings. The van der Waals surface area contributed by atoms with Crippen molar-refractivity contribution in [3.8, 4) is 5.69 Å². The average molecular weight is 373 g/mol. The topological polar surface area (TPSA) is 55.2 Å². The van der Waals surface area contributed by atoms with Crippen molar-refractivity contribution in [2.24, 2.45) is 5.92 Å². The highest BCUT2D eigenvalue weighted by Gasteiger charge is 2.28. The highest BCUT2D eigenvalue weighted by Crippen LogP contribution is 2.22. The second-order valence-electron chi connectivity index (χ2n) is 7.19. The largest absolute Gasteiger partial charge is 0.342 e. The number of nitrogens with zero attached hydrogens (tertiary/aromatic N) is 3. The first-order chi connectivity index (χ1) is 13.7. The first-order valence-corrected chi connectivity index (χ1v) is 9.67. The van der Waals surface area contributed by atoms with Gasteiger partial charge in [0.1, 0.15) is 0 Å². The number of piperidine rings is 1. The minimum Gasteiger partial charge on any atom is -0.342 e. The molecule has 1 aliphatic heterocycles. The van der Waals surface area contributed by atoms with Crippen molar-refractivity contribution < 1.29 is 9.59 Å². The molecule has 1 aromatic heterocycles. The van der Waals surface area contributed by atoms with Crippen LogP contribution in [-0.4, -0.2) is 39.5 Å². The van der Waals surface area contributed by atoms with E-state index in [9.17, 15) is 9.59 Å². The van der Waals surface area contributed by atoms with E-state index in [4.69, 9.17) is 0 Å². The van der Waals surface area contributed by atoms with Crippen molar-refractivity contribution in [3.05, 3.63) is 84.2 Å². The van der Waals surface area contributed by atoms with Crippen LogP contribution >= 0.6 is 0 Å². The molecule has 0 saturated carbocycles. The van der Waals surface area contributed by atoms with Gasteiger partial charge in [-0.2, -0.15) is 5.10 Å². The maximum atomic E-state index is 12.7. The number of carbonyl (C=O) groups is 2. The summed E-state index contributed by atoms with van der Waals surface area (Å²) in [6, 6.07) is 19.3. The predicted molar refractivity (Wildman–Crippen MR) is 107 cm³/mol. The SMILES string of the molecule is O=C(c1ccccc1)C1CCN(C(=O)Cc2cnn(-c3ccccc3)c2)CC1. The number of likely N-dealkylation sites (tertiary alicyclic amines) is 1. The number of benzene rings is 2. The van der Waals surface area contributed by atoms with Crippen LogP contribution in [0, 0.1) is 5.92 Å². The summed E-state index contributed by atoms with van der Waals surface area (Å²) in [5.41, 5.74) is 2.64. The van der Waals surface area contributed by atoms with Crippen molar-refractivity contribution in [3.63, 3.8) is 0 Å². The van der Waals surface area contributed by atoms with Gasteiger partial charge in [-0.05, 0) is 30.5 Å². The Bertz CT molecular complexity index is 942. The van der Waals surface area contributed by atoms with Crippen LogP contribution in [0.5, 0.6) is 0 Å². The van der Waals surface area contributed by atoms with Gasteiger partial charge in [0, 0.05) is 30.8 Å². The van der Waals surface area contributed by atoms with Crippen molar-refractivity contribution in [2.75, 3.05) is 13.1 Å². The molecule has 1 amide bonds. The Hall–Kier alpha value is -3.21. The zero-order valence-corrected chi connectivity index (χ0v) is 15.7. The van der Waals surface area contributed by atoms with E-state index in [-0.39, 0.29) is 17.6 Å². The van der Waals surface area contributed by atoms with E-state index in [0.717, 1.165) is 29.7 Å². The number of hydrogen-bond acceptors (Lipinski definition) is 3. The summed E-state index contributed by atoms with van der Waals surface area (Å²) in [5, 5.41) is 4.35. The molecule has 1 aliphatic rings. The Labute approximate surface area is 164 Å². The van der Waals surface area contributed by atoms with E-state index in [2.05, 4.69) is 5.10 Å². The van der Waals surface area contributed by atoms with Crippen molar-refractivity contribution in [2.45, 2.75) is 19.3 Å². The maximum absolute atomic E-state index is 12.7. The zero-order chi connectivity index (χ0) is 19.3. The van der Waals surface area contributed by atoms with Gasteiger partial charge in [0.2, 0.25) is 5.91 Å². The van der Waals surface area contributed by atoms with Gasteiger partial charge in [-0.25, -0.2) is 4.68 Å². The van der Waals surface area contributed by atoms with Gasteiger partial charge in [0.05, 0.1) is 18.3 Å². The Morgan fingerprint density at radius 2 is 1.57 bits per heavy atom. The second-order valence-corrected chi connectivity index (χ2v) is 7.19. The van der Waals surface area contributed by atoms with E-state index in [1.165, 1.54) is 0 Å². The lowest BCUT2D eigenvalue weighted by molar-refractivity contribution is -0.131. The van der Waals surface area contributed by atoms with Gasteiger partial charge in [-0.15, -0.1) is 0 Å². The van der Waals surface area contributed by atoms with Crippen LogP contribution in [0.2, 0.25) is 0 Å². The average Bonchev–Trinajstić information content (AvgIpc) is 3.23. The van der Waals surface area contributed by atoms with Gasteiger partial charge in [-0.1, -0.05) is 48.5 Å². The molecule has 1 saturated heterocycles. The summed E-state index contributed by atoms with van der Waals surface area (Å²) in [7, 11) is 0. The lowest BCUT2D eigenvalue weighted by Gasteiger charge is -2.31. The minimum atomic E-state index is 0.00674. The molecule has 0 N–H and O–H groups in total. The van der Waals surface area contributed by atoms with Gasteiger partial charge in [-0.3, -0.25) is 9.59 Å². The fourth-order valence-corrected chi connectivity index (χ4v) is 3.69. The Morgan fingerprint density at radius 1 is 0.929 bits per heavy atom. The van der Waals surface area contributed by atoms with Crippen molar-refractivity contribution in [1.82, 2.24) is 14.7 Å². The molecule has 142 valence electrons.